The summed E-state index contributed by atoms with van der Waals surface area (Å²) in [6.45, 7) is 3.41. The Morgan fingerprint density at radius 2 is 1.90 bits per heavy atom. The Morgan fingerprint density at radius 1 is 1.30 bits per heavy atom. The summed E-state index contributed by atoms with van der Waals surface area (Å²) in [6, 6.07) is 6.68. The Morgan fingerprint density at radius 3 is 2.45 bits per heavy atom. The fraction of sp³-hybridized carbons (Fsp3) is 0.429. The lowest BCUT2D eigenvalue weighted by Crippen LogP contribution is -2.34. The molecule has 2 N–H and O–H groups in total. The molecule has 0 atom stereocenters. The third kappa shape index (κ3) is 5.48. The molecule has 0 aliphatic heterocycles. The van der Waals surface area contributed by atoms with E-state index in [9.17, 15) is 9.59 Å². The molecule has 0 aliphatic carbocycles. The van der Waals surface area contributed by atoms with Gasteiger partial charge in [-0.2, -0.15) is 0 Å². The number of hydrogen-bond donors (Lipinski definition) is 2. The summed E-state index contributed by atoms with van der Waals surface area (Å²) in [4.78, 5) is 22.4. The van der Waals surface area contributed by atoms with Crippen LogP contribution in [0.25, 0.3) is 0 Å². The van der Waals surface area contributed by atoms with Crippen molar-refractivity contribution in [1.82, 2.24) is 5.32 Å². The van der Waals surface area contributed by atoms with Crippen molar-refractivity contribution in [2.45, 2.75) is 20.3 Å². The molecular formula is C14H18ClNO4. The van der Waals surface area contributed by atoms with Crippen molar-refractivity contribution in [3.05, 3.63) is 29.3 Å². The molecule has 0 unspecified atom stereocenters. The molecule has 1 aromatic rings. The minimum Gasteiger partial charge on any atom is -0.484 e. The second-order valence-corrected chi connectivity index (χ2v) is 5.47. The predicted octanol–water partition coefficient (Wildman–Crippen LogP) is 2.34. The zero-order chi connectivity index (χ0) is 15.2. The molecule has 1 aromatic carbocycles. The van der Waals surface area contributed by atoms with Gasteiger partial charge in [-0.3, -0.25) is 9.59 Å². The molecule has 0 bridgehead atoms. The number of carboxylic acid groups (broad SMARTS) is 1. The van der Waals surface area contributed by atoms with Crippen LogP contribution in [0.5, 0.6) is 5.75 Å². The monoisotopic (exact) mass is 299 g/mol. The van der Waals surface area contributed by atoms with Gasteiger partial charge in [0.25, 0.3) is 5.91 Å². The van der Waals surface area contributed by atoms with Crippen LogP contribution in [0.15, 0.2) is 24.3 Å². The lowest BCUT2D eigenvalue weighted by molar-refractivity contribution is -0.147. The summed E-state index contributed by atoms with van der Waals surface area (Å²) in [7, 11) is 0. The van der Waals surface area contributed by atoms with Gasteiger partial charge in [0.1, 0.15) is 5.75 Å². The average Bonchev–Trinajstić information content (AvgIpc) is 2.37. The predicted molar refractivity (Wildman–Crippen MR) is 76.0 cm³/mol. The first-order valence-corrected chi connectivity index (χ1v) is 6.57. The standard InChI is InChI=1S/C14H18ClNO4/c1-14(2,13(18)19)7-8-16-12(17)9-20-11-5-3-10(15)4-6-11/h3-6H,7-9H2,1-2H3,(H,16,17)(H,18,19). The second kappa shape index (κ2) is 7.14. The van der Waals surface area contributed by atoms with E-state index >= 15 is 0 Å². The van der Waals surface area contributed by atoms with Crippen LogP contribution in [-0.2, 0) is 9.59 Å². The number of carboxylic acids is 1. The first kappa shape index (κ1) is 16.3. The first-order chi connectivity index (χ1) is 9.31. The van der Waals surface area contributed by atoms with Crippen molar-refractivity contribution in [3.63, 3.8) is 0 Å². The van der Waals surface area contributed by atoms with Gasteiger partial charge in [0.15, 0.2) is 6.61 Å². The molecule has 0 radical (unpaired) electrons. The number of aliphatic carboxylic acids is 1. The van der Waals surface area contributed by atoms with E-state index in [-0.39, 0.29) is 12.5 Å². The molecule has 0 saturated carbocycles. The van der Waals surface area contributed by atoms with Gasteiger partial charge in [0.2, 0.25) is 0 Å². The summed E-state index contributed by atoms with van der Waals surface area (Å²) in [5, 5.41) is 12.1. The van der Waals surface area contributed by atoms with Gasteiger partial charge < -0.3 is 15.2 Å². The van der Waals surface area contributed by atoms with Crippen LogP contribution in [0, 0.1) is 5.41 Å². The summed E-state index contributed by atoms with van der Waals surface area (Å²) in [6.07, 6.45) is 0.356. The fourth-order valence-corrected chi connectivity index (χ4v) is 1.48. The molecule has 0 aliphatic rings. The molecule has 0 spiro atoms. The molecule has 1 amide bonds. The number of amides is 1. The summed E-state index contributed by atoms with van der Waals surface area (Å²) in [5.41, 5.74) is -0.857. The summed E-state index contributed by atoms with van der Waals surface area (Å²) < 4.78 is 5.27. The number of halogens is 1. The molecule has 20 heavy (non-hydrogen) atoms. The molecule has 1 rings (SSSR count). The Bertz CT molecular complexity index is 471. The van der Waals surface area contributed by atoms with Crippen LogP contribution in [0.1, 0.15) is 20.3 Å². The van der Waals surface area contributed by atoms with Crippen molar-refractivity contribution < 1.29 is 19.4 Å². The number of carbonyl (C=O) groups is 2. The molecule has 110 valence electrons. The highest BCUT2D eigenvalue weighted by Crippen LogP contribution is 2.19. The average molecular weight is 300 g/mol. The maximum absolute atomic E-state index is 11.5. The van der Waals surface area contributed by atoms with Crippen LogP contribution >= 0.6 is 11.6 Å². The van der Waals surface area contributed by atoms with Crippen LogP contribution in [0.2, 0.25) is 5.02 Å². The van der Waals surface area contributed by atoms with Crippen molar-refractivity contribution >= 4 is 23.5 Å². The van der Waals surface area contributed by atoms with Gasteiger partial charge in [-0.15, -0.1) is 0 Å². The van der Waals surface area contributed by atoms with Crippen molar-refractivity contribution in [2.75, 3.05) is 13.2 Å². The smallest absolute Gasteiger partial charge is 0.309 e. The Hall–Kier alpha value is -1.75. The van der Waals surface area contributed by atoms with E-state index in [0.29, 0.717) is 23.7 Å². The Balaban J connectivity index is 2.27. The van der Waals surface area contributed by atoms with E-state index < -0.39 is 11.4 Å². The second-order valence-electron chi connectivity index (χ2n) is 5.03. The molecular weight excluding hydrogens is 282 g/mol. The van der Waals surface area contributed by atoms with Crippen LogP contribution in [0.3, 0.4) is 0 Å². The SMILES string of the molecule is CC(C)(CCNC(=O)COc1ccc(Cl)cc1)C(=O)O. The number of benzene rings is 1. The van der Waals surface area contributed by atoms with E-state index in [1.54, 1.807) is 38.1 Å². The molecule has 0 saturated heterocycles. The number of nitrogens with one attached hydrogen (secondary N) is 1. The van der Waals surface area contributed by atoms with Crippen LogP contribution in [0.4, 0.5) is 0 Å². The highest BCUT2D eigenvalue weighted by Gasteiger charge is 2.26. The lowest BCUT2D eigenvalue weighted by atomic mass is 9.90. The van der Waals surface area contributed by atoms with E-state index in [1.165, 1.54) is 0 Å². The van der Waals surface area contributed by atoms with E-state index in [4.69, 9.17) is 21.4 Å². The maximum atomic E-state index is 11.5. The first-order valence-electron chi connectivity index (χ1n) is 6.20. The largest absolute Gasteiger partial charge is 0.484 e. The van der Waals surface area contributed by atoms with Crippen molar-refractivity contribution in [3.8, 4) is 5.75 Å². The number of ether oxygens (including phenoxy) is 1. The highest BCUT2D eigenvalue weighted by molar-refractivity contribution is 6.30. The van der Waals surface area contributed by atoms with Gasteiger partial charge in [0.05, 0.1) is 5.41 Å². The summed E-state index contributed by atoms with van der Waals surface area (Å²) >= 11 is 5.73. The van der Waals surface area contributed by atoms with Gasteiger partial charge >= 0.3 is 5.97 Å². The summed E-state index contributed by atoms with van der Waals surface area (Å²) in [5.74, 6) is -0.624. The lowest BCUT2D eigenvalue weighted by Gasteiger charge is -2.18. The number of rotatable bonds is 7. The maximum Gasteiger partial charge on any atom is 0.309 e. The number of carbonyl (C=O) groups excluding carboxylic acids is 1. The molecule has 0 aromatic heterocycles. The molecule has 6 heteroatoms. The van der Waals surface area contributed by atoms with Crippen LogP contribution in [-0.4, -0.2) is 30.1 Å². The molecule has 5 nitrogen and oxygen atoms in total. The normalized spacial score (nSPS) is 10.9. The zero-order valence-electron chi connectivity index (χ0n) is 11.5. The minimum absolute atomic E-state index is 0.116. The van der Waals surface area contributed by atoms with Gasteiger partial charge in [0, 0.05) is 11.6 Å². The molecule has 0 fully saturated rings. The number of hydrogen-bond acceptors (Lipinski definition) is 3. The topological polar surface area (TPSA) is 75.6 Å². The minimum atomic E-state index is -0.885. The fourth-order valence-electron chi connectivity index (χ4n) is 1.35. The molecule has 0 heterocycles. The van der Waals surface area contributed by atoms with Gasteiger partial charge in [-0.25, -0.2) is 0 Å². The highest BCUT2D eigenvalue weighted by atomic mass is 35.5. The zero-order valence-corrected chi connectivity index (χ0v) is 12.2. The van der Waals surface area contributed by atoms with Crippen LogP contribution < -0.4 is 10.1 Å². The quantitative estimate of drug-likeness (QED) is 0.810. The third-order valence-electron chi connectivity index (χ3n) is 2.83. The van der Waals surface area contributed by atoms with Crippen molar-refractivity contribution in [2.24, 2.45) is 5.41 Å². The van der Waals surface area contributed by atoms with Crippen molar-refractivity contribution in [1.29, 1.82) is 0 Å². The van der Waals surface area contributed by atoms with E-state index in [2.05, 4.69) is 5.32 Å². The Labute approximate surface area is 122 Å². The van der Waals surface area contributed by atoms with E-state index in [1.807, 2.05) is 0 Å². The van der Waals surface area contributed by atoms with Gasteiger partial charge in [-0.1, -0.05) is 11.6 Å². The Kier molecular flexibility index (Phi) is 5.82. The van der Waals surface area contributed by atoms with Gasteiger partial charge in [-0.05, 0) is 44.5 Å². The van der Waals surface area contributed by atoms with E-state index in [0.717, 1.165) is 0 Å². The third-order valence-corrected chi connectivity index (χ3v) is 3.09.